The summed E-state index contributed by atoms with van der Waals surface area (Å²) in [6, 6.07) is 9.31. The zero-order chi connectivity index (χ0) is 17.8. The zero-order valence-electron chi connectivity index (χ0n) is 13.8. The fourth-order valence-corrected chi connectivity index (χ4v) is 3.13. The molecule has 1 aromatic carbocycles. The molecule has 3 aromatic rings. The number of carbonyl (C=O) groups is 1. The number of hydrogen-bond donors (Lipinski definition) is 1. The van der Waals surface area contributed by atoms with Crippen LogP contribution in [0.15, 0.2) is 41.7 Å². The lowest BCUT2D eigenvalue weighted by Crippen LogP contribution is -2.07. The van der Waals surface area contributed by atoms with Crippen molar-refractivity contribution in [2.24, 2.45) is 0 Å². The Kier molecular flexibility index (Phi) is 5.03. The van der Waals surface area contributed by atoms with Crippen molar-refractivity contribution in [2.75, 3.05) is 12.9 Å². The van der Waals surface area contributed by atoms with Crippen molar-refractivity contribution in [1.82, 2.24) is 24.5 Å². The summed E-state index contributed by atoms with van der Waals surface area (Å²) in [5, 5.41) is 22.2. The summed E-state index contributed by atoms with van der Waals surface area (Å²) in [5.41, 5.74) is 1.53. The molecule has 3 rings (SSSR count). The molecule has 0 atom stereocenters. The van der Waals surface area contributed by atoms with Crippen molar-refractivity contribution in [2.45, 2.75) is 18.6 Å². The van der Waals surface area contributed by atoms with Gasteiger partial charge < -0.3 is 9.84 Å². The van der Waals surface area contributed by atoms with Crippen LogP contribution in [0.25, 0.3) is 17.2 Å². The molecule has 9 heteroatoms. The highest BCUT2D eigenvalue weighted by molar-refractivity contribution is 7.99. The number of nitrogens with zero attached hydrogens (tertiary/aromatic N) is 5. The molecule has 0 saturated carbocycles. The van der Waals surface area contributed by atoms with Gasteiger partial charge in [0.2, 0.25) is 0 Å². The highest BCUT2D eigenvalue weighted by Gasteiger charge is 2.21. The Labute approximate surface area is 148 Å². The smallest absolute Gasteiger partial charge is 0.313 e. The van der Waals surface area contributed by atoms with E-state index in [0.29, 0.717) is 23.3 Å². The average molecular weight is 359 g/mol. The molecule has 0 saturated heterocycles. The second kappa shape index (κ2) is 7.39. The van der Waals surface area contributed by atoms with Gasteiger partial charge in [0, 0.05) is 12.7 Å². The van der Waals surface area contributed by atoms with Gasteiger partial charge in [-0.05, 0) is 25.1 Å². The Morgan fingerprint density at radius 1 is 1.28 bits per heavy atom. The maximum absolute atomic E-state index is 11.0. The number of rotatable bonds is 7. The topological polar surface area (TPSA) is 95.1 Å². The second-order valence-corrected chi connectivity index (χ2v) is 5.97. The third-order valence-corrected chi connectivity index (χ3v) is 4.44. The van der Waals surface area contributed by atoms with Crippen LogP contribution in [0.1, 0.15) is 6.92 Å². The van der Waals surface area contributed by atoms with Crippen LogP contribution < -0.4 is 4.74 Å². The van der Waals surface area contributed by atoms with E-state index in [2.05, 4.69) is 15.3 Å². The Bertz CT molecular complexity index is 890. The number of aliphatic carboxylic acids is 1. The number of aromatic nitrogens is 5. The molecule has 2 aromatic heterocycles. The maximum Gasteiger partial charge on any atom is 0.313 e. The van der Waals surface area contributed by atoms with Gasteiger partial charge in [-0.15, -0.1) is 10.2 Å². The molecule has 0 aliphatic heterocycles. The van der Waals surface area contributed by atoms with E-state index in [-0.39, 0.29) is 5.75 Å². The van der Waals surface area contributed by atoms with Crippen LogP contribution in [0.5, 0.6) is 5.75 Å². The first-order chi connectivity index (χ1) is 12.2. The minimum absolute atomic E-state index is 0.111. The van der Waals surface area contributed by atoms with Crippen molar-refractivity contribution in [1.29, 1.82) is 0 Å². The molecular formula is C16H17N5O3S. The molecule has 0 aliphatic rings. The number of methoxy groups -OCH3 is 1. The first kappa shape index (κ1) is 17.0. The van der Waals surface area contributed by atoms with Gasteiger partial charge in [0.15, 0.2) is 11.0 Å². The average Bonchev–Trinajstić information content (AvgIpc) is 3.25. The molecule has 0 fully saturated rings. The molecule has 8 nitrogen and oxygen atoms in total. The summed E-state index contributed by atoms with van der Waals surface area (Å²) >= 11 is 1.11. The van der Waals surface area contributed by atoms with Crippen molar-refractivity contribution < 1.29 is 14.6 Å². The van der Waals surface area contributed by atoms with Crippen LogP contribution in [-0.2, 0) is 11.3 Å². The summed E-state index contributed by atoms with van der Waals surface area (Å²) in [5.74, 6) is 0.195. The van der Waals surface area contributed by atoms with E-state index < -0.39 is 5.97 Å². The van der Waals surface area contributed by atoms with Crippen molar-refractivity contribution >= 4 is 17.7 Å². The summed E-state index contributed by atoms with van der Waals surface area (Å²) < 4.78 is 9.06. The lowest BCUT2D eigenvalue weighted by molar-refractivity contribution is -0.133. The SMILES string of the molecule is CCn1nccc1-c1nnc(SCC(=O)O)n1-c1ccccc1OC. The van der Waals surface area contributed by atoms with E-state index in [1.165, 1.54) is 0 Å². The number of para-hydroxylation sites is 2. The van der Waals surface area contributed by atoms with Gasteiger partial charge in [-0.1, -0.05) is 23.9 Å². The normalized spacial score (nSPS) is 10.8. The number of carboxylic acid groups (broad SMARTS) is 1. The monoisotopic (exact) mass is 359 g/mol. The molecule has 0 aliphatic carbocycles. The van der Waals surface area contributed by atoms with Crippen molar-refractivity contribution in [3.63, 3.8) is 0 Å². The summed E-state index contributed by atoms with van der Waals surface area (Å²) in [7, 11) is 1.59. The lowest BCUT2D eigenvalue weighted by atomic mass is 10.2. The van der Waals surface area contributed by atoms with E-state index in [1.54, 1.807) is 17.9 Å². The Morgan fingerprint density at radius 2 is 2.08 bits per heavy atom. The van der Waals surface area contributed by atoms with Crippen LogP contribution in [0, 0.1) is 0 Å². The van der Waals surface area contributed by atoms with Crippen LogP contribution in [-0.4, -0.2) is 48.5 Å². The van der Waals surface area contributed by atoms with Crippen molar-refractivity contribution in [3.05, 3.63) is 36.5 Å². The lowest BCUT2D eigenvalue weighted by Gasteiger charge is -2.13. The van der Waals surface area contributed by atoms with Gasteiger partial charge in [0.25, 0.3) is 0 Å². The molecule has 2 heterocycles. The standard InChI is InChI=1S/C16H17N5O3S/c1-3-20-12(8-9-17-20)15-18-19-16(25-10-14(22)23)21(15)11-6-4-5-7-13(11)24-2/h4-9H,3,10H2,1-2H3,(H,22,23). The molecular weight excluding hydrogens is 342 g/mol. The number of thioether (sulfide) groups is 1. The first-order valence-electron chi connectivity index (χ1n) is 7.61. The predicted octanol–water partition coefficient (Wildman–Crippen LogP) is 2.34. The van der Waals surface area contributed by atoms with Gasteiger partial charge in [-0.2, -0.15) is 5.10 Å². The van der Waals surface area contributed by atoms with E-state index in [4.69, 9.17) is 9.84 Å². The molecule has 0 amide bonds. The molecule has 0 unspecified atom stereocenters. The fourth-order valence-electron chi connectivity index (χ4n) is 2.46. The largest absolute Gasteiger partial charge is 0.495 e. The first-order valence-corrected chi connectivity index (χ1v) is 8.59. The number of ether oxygens (including phenoxy) is 1. The molecule has 0 spiro atoms. The molecule has 0 radical (unpaired) electrons. The molecule has 130 valence electrons. The van der Waals surface area contributed by atoms with E-state index in [1.807, 2.05) is 41.9 Å². The highest BCUT2D eigenvalue weighted by Crippen LogP contribution is 2.32. The number of aryl methyl sites for hydroxylation is 1. The number of hydrogen-bond acceptors (Lipinski definition) is 6. The van der Waals surface area contributed by atoms with Crippen LogP contribution in [0.4, 0.5) is 0 Å². The summed E-state index contributed by atoms with van der Waals surface area (Å²) in [6.45, 7) is 2.67. The van der Waals surface area contributed by atoms with Gasteiger partial charge in [0.1, 0.15) is 11.4 Å². The minimum Gasteiger partial charge on any atom is -0.495 e. The summed E-state index contributed by atoms with van der Waals surface area (Å²) in [4.78, 5) is 11.0. The minimum atomic E-state index is -0.917. The van der Waals surface area contributed by atoms with E-state index in [0.717, 1.165) is 23.1 Å². The molecule has 1 N–H and O–H groups in total. The van der Waals surface area contributed by atoms with E-state index >= 15 is 0 Å². The Morgan fingerprint density at radius 3 is 2.80 bits per heavy atom. The zero-order valence-corrected chi connectivity index (χ0v) is 14.6. The van der Waals surface area contributed by atoms with Gasteiger partial charge >= 0.3 is 5.97 Å². The third-order valence-electron chi connectivity index (χ3n) is 3.53. The van der Waals surface area contributed by atoms with E-state index in [9.17, 15) is 4.79 Å². The molecule has 25 heavy (non-hydrogen) atoms. The third kappa shape index (κ3) is 3.36. The number of carboxylic acids is 1. The quantitative estimate of drug-likeness (QED) is 0.647. The fraction of sp³-hybridized carbons (Fsp3) is 0.250. The number of benzene rings is 1. The highest BCUT2D eigenvalue weighted by atomic mass is 32.2. The van der Waals surface area contributed by atoms with Crippen molar-refractivity contribution in [3.8, 4) is 23.0 Å². The molecule has 0 bridgehead atoms. The second-order valence-electron chi connectivity index (χ2n) is 5.03. The van der Waals surface area contributed by atoms with Crippen LogP contribution in [0.2, 0.25) is 0 Å². The van der Waals surface area contributed by atoms with Gasteiger partial charge in [-0.25, -0.2) is 0 Å². The Hall–Kier alpha value is -2.81. The maximum atomic E-state index is 11.0. The summed E-state index contributed by atoms with van der Waals surface area (Å²) in [6.07, 6.45) is 1.70. The van der Waals surface area contributed by atoms with Gasteiger partial charge in [-0.3, -0.25) is 14.0 Å². The van der Waals surface area contributed by atoms with Gasteiger partial charge in [0.05, 0.1) is 18.6 Å². The Balaban J connectivity index is 2.18. The van der Waals surface area contributed by atoms with Crippen LogP contribution >= 0.6 is 11.8 Å². The van der Waals surface area contributed by atoms with Crippen LogP contribution in [0.3, 0.4) is 0 Å². The predicted molar refractivity (Wildman–Crippen MR) is 93.2 cm³/mol.